The third kappa shape index (κ3) is 4.83. The molecular formula is C24H32N2O4S. The van der Waals surface area contributed by atoms with Gasteiger partial charge in [0.05, 0.1) is 18.8 Å². The molecule has 0 bridgehead atoms. The zero-order chi connectivity index (χ0) is 22.0. The lowest BCUT2D eigenvalue weighted by Crippen LogP contribution is -2.38. The number of methoxy groups -OCH3 is 1. The van der Waals surface area contributed by atoms with Gasteiger partial charge in [0.2, 0.25) is 0 Å². The number of rotatable bonds is 4. The number of fused-ring (bicyclic) bond motifs is 2. The van der Waals surface area contributed by atoms with Crippen molar-refractivity contribution in [2.75, 3.05) is 51.4 Å². The molecule has 168 valence electrons. The summed E-state index contributed by atoms with van der Waals surface area (Å²) in [5.41, 5.74) is 5.71. The number of thiophene rings is 1. The first-order chi connectivity index (χ1) is 14.9. The zero-order valence-electron chi connectivity index (χ0n) is 18.9. The highest BCUT2D eigenvalue weighted by Gasteiger charge is 2.30. The van der Waals surface area contributed by atoms with E-state index >= 15 is 0 Å². The average molecular weight is 445 g/mol. The van der Waals surface area contributed by atoms with E-state index in [2.05, 4.69) is 27.8 Å². The largest absolute Gasteiger partial charge is 0.490 e. The van der Waals surface area contributed by atoms with Gasteiger partial charge in [-0.25, -0.2) is 4.79 Å². The van der Waals surface area contributed by atoms with Crippen LogP contribution in [0.15, 0.2) is 22.9 Å². The van der Waals surface area contributed by atoms with Crippen LogP contribution < -0.4 is 9.64 Å². The normalized spacial score (nSPS) is 16.3. The average Bonchev–Trinajstić information content (AvgIpc) is 3.16. The van der Waals surface area contributed by atoms with Gasteiger partial charge in [0, 0.05) is 32.3 Å². The second kappa shape index (κ2) is 9.09. The van der Waals surface area contributed by atoms with Gasteiger partial charge in [-0.05, 0) is 73.2 Å². The molecule has 6 nitrogen and oxygen atoms in total. The summed E-state index contributed by atoms with van der Waals surface area (Å²) in [4.78, 5) is 16.9. The fraction of sp³-hybridized carbons (Fsp3) is 0.542. The predicted molar refractivity (Wildman–Crippen MR) is 125 cm³/mol. The van der Waals surface area contributed by atoms with E-state index in [0.29, 0.717) is 26.3 Å². The van der Waals surface area contributed by atoms with Crippen LogP contribution in [0.5, 0.6) is 5.75 Å². The van der Waals surface area contributed by atoms with E-state index in [1.807, 2.05) is 25.7 Å². The zero-order valence-corrected chi connectivity index (χ0v) is 19.7. The maximum absolute atomic E-state index is 12.7. The Bertz CT molecular complexity index is 921. The van der Waals surface area contributed by atoms with Gasteiger partial charge in [0.1, 0.15) is 18.0 Å². The molecule has 0 aliphatic carbocycles. The highest BCUT2D eigenvalue weighted by molar-refractivity contribution is 7.08. The summed E-state index contributed by atoms with van der Waals surface area (Å²) >= 11 is 1.70. The summed E-state index contributed by atoms with van der Waals surface area (Å²) < 4.78 is 17.1. The van der Waals surface area contributed by atoms with Crippen molar-refractivity contribution in [1.29, 1.82) is 0 Å². The van der Waals surface area contributed by atoms with Crippen LogP contribution in [-0.4, -0.2) is 63.1 Å². The van der Waals surface area contributed by atoms with E-state index in [-0.39, 0.29) is 6.09 Å². The Hall–Kier alpha value is -2.25. The minimum absolute atomic E-state index is 0.236. The molecule has 0 N–H and O–H groups in total. The van der Waals surface area contributed by atoms with E-state index in [1.54, 1.807) is 18.4 Å². The SMILES string of the molecule is COCCN1CCOc2cc3c(c(-c4ccsc4)c21)CCN(C(=O)OC(C)(C)C)CC3. The Balaban J connectivity index is 1.72. The van der Waals surface area contributed by atoms with Crippen LogP contribution in [0.2, 0.25) is 0 Å². The summed E-state index contributed by atoms with van der Waals surface area (Å²) in [7, 11) is 1.74. The molecule has 2 aliphatic heterocycles. The van der Waals surface area contributed by atoms with Crippen LogP contribution in [0.25, 0.3) is 11.1 Å². The quantitative estimate of drug-likeness (QED) is 0.690. The lowest BCUT2D eigenvalue weighted by atomic mass is 9.90. The van der Waals surface area contributed by atoms with Crippen molar-refractivity contribution in [2.24, 2.45) is 0 Å². The summed E-state index contributed by atoms with van der Waals surface area (Å²) in [5.74, 6) is 0.938. The number of hydrogen-bond acceptors (Lipinski definition) is 6. The Morgan fingerprint density at radius 3 is 2.74 bits per heavy atom. The van der Waals surface area contributed by atoms with E-state index < -0.39 is 5.60 Å². The molecule has 1 aromatic heterocycles. The summed E-state index contributed by atoms with van der Waals surface area (Å²) in [5, 5.41) is 4.32. The first-order valence-electron chi connectivity index (χ1n) is 10.9. The smallest absolute Gasteiger partial charge is 0.410 e. The third-order valence-electron chi connectivity index (χ3n) is 5.71. The monoisotopic (exact) mass is 444 g/mol. The molecule has 31 heavy (non-hydrogen) atoms. The number of nitrogens with zero attached hydrogens (tertiary/aromatic N) is 2. The highest BCUT2D eigenvalue weighted by Crippen LogP contribution is 2.46. The number of benzene rings is 1. The number of amides is 1. The molecule has 7 heteroatoms. The van der Waals surface area contributed by atoms with Gasteiger partial charge in [-0.1, -0.05) is 0 Å². The molecule has 0 fully saturated rings. The molecule has 0 radical (unpaired) electrons. The fourth-order valence-electron chi connectivity index (χ4n) is 4.32. The lowest BCUT2D eigenvalue weighted by Gasteiger charge is -2.34. The molecule has 0 saturated carbocycles. The van der Waals surface area contributed by atoms with E-state index in [9.17, 15) is 4.79 Å². The topological polar surface area (TPSA) is 51.2 Å². The maximum Gasteiger partial charge on any atom is 0.410 e. The number of anilines is 1. The lowest BCUT2D eigenvalue weighted by molar-refractivity contribution is 0.0258. The Labute approximate surface area is 188 Å². The van der Waals surface area contributed by atoms with Crippen LogP contribution in [-0.2, 0) is 22.3 Å². The van der Waals surface area contributed by atoms with Crippen LogP contribution in [0.4, 0.5) is 10.5 Å². The molecule has 1 aromatic carbocycles. The molecule has 4 rings (SSSR count). The third-order valence-corrected chi connectivity index (χ3v) is 6.39. The Morgan fingerprint density at radius 1 is 1.23 bits per heavy atom. The number of carbonyl (C=O) groups excluding carboxylic acids is 1. The predicted octanol–water partition coefficient (Wildman–Crippen LogP) is 4.60. The van der Waals surface area contributed by atoms with E-state index in [0.717, 1.165) is 37.4 Å². The van der Waals surface area contributed by atoms with Gasteiger partial charge in [-0.2, -0.15) is 11.3 Å². The van der Waals surface area contributed by atoms with Gasteiger partial charge < -0.3 is 24.0 Å². The number of hydrogen-bond donors (Lipinski definition) is 0. The Morgan fingerprint density at radius 2 is 2.03 bits per heavy atom. The number of carbonyl (C=O) groups is 1. The van der Waals surface area contributed by atoms with E-state index in [1.165, 1.54) is 22.3 Å². The molecule has 2 aliphatic rings. The number of ether oxygens (including phenoxy) is 3. The molecule has 0 spiro atoms. The van der Waals surface area contributed by atoms with Gasteiger partial charge in [0.25, 0.3) is 0 Å². The minimum atomic E-state index is -0.493. The van der Waals surface area contributed by atoms with E-state index in [4.69, 9.17) is 14.2 Å². The summed E-state index contributed by atoms with van der Waals surface area (Å²) in [6.07, 6.45) is 1.35. The Kier molecular flexibility index (Phi) is 6.44. The first-order valence-corrected chi connectivity index (χ1v) is 11.9. The van der Waals surface area contributed by atoms with Crippen LogP contribution in [0.1, 0.15) is 31.9 Å². The summed E-state index contributed by atoms with van der Waals surface area (Å²) in [6, 6.07) is 4.37. The van der Waals surface area contributed by atoms with Crippen molar-refractivity contribution in [3.63, 3.8) is 0 Å². The molecule has 2 aromatic rings. The molecule has 3 heterocycles. The first kappa shape index (κ1) is 22.0. The highest BCUT2D eigenvalue weighted by atomic mass is 32.1. The van der Waals surface area contributed by atoms with Crippen LogP contribution in [0, 0.1) is 0 Å². The molecule has 0 saturated heterocycles. The van der Waals surface area contributed by atoms with Crippen molar-refractivity contribution < 1.29 is 19.0 Å². The molecule has 1 amide bonds. The molecule has 0 atom stereocenters. The van der Waals surface area contributed by atoms with Crippen molar-refractivity contribution in [3.05, 3.63) is 34.0 Å². The summed E-state index contributed by atoms with van der Waals surface area (Å²) in [6.45, 7) is 10.0. The van der Waals surface area contributed by atoms with Crippen LogP contribution in [0.3, 0.4) is 0 Å². The van der Waals surface area contributed by atoms with Gasteiger partial charge in [0.15, 0.2) is 0 Å². The molecular weight excluding hydrogens is 412 g/mol. The molecule has 0 unspecified atom stereocenters. The maximum atomic E-state index is 12.7. The van der Waals surface area contributed by atoms with Crippen molar-refractivity contribution in [2.45, 2.75) is 39.2 Å². The standard InChI is InChI=1S/C24H32N2O4S/c1-24(2,3)30-23(27)26-8-5-17-15-20-22(25(10-12-28-4)11-13-29-20)21(19(17)6-9-26)18-7-14-31-16-18/h7,14-16H,5-6,8-13H2,1-4H3. The van der Waals surface area contributed by atoms with Gasteiger partial charge >= 0.3 is 6.09 Å². The van der Waals surface area contributed by atoms with Crippen molar-refractivity contribution >= 4 is 23.1 Å². The minimum Gasteiger partial charge on any atom is -0.490 e. The van der Waals surface area contributed by atoms with Gasteiger partial charge in [-0.15, -0.1) is 0 Å². The fourth-order valence-corrected chi connectivity index (χ4v) is 4.96. The second-order valence-corrected chi connectivity index (χ2v) is 9.82. The van der Waals surface area contributed by atoms with Crippen molar-refractivity contribution in [1.82, 2.24) is 4.90 Å². The van der Waals surface area contributed by atoms with Gasteiger partial charge in [-0.3, -0.25) is 0 Å². The second-order valence-electron chi connectivity index (χ2n) is 9.04. The van der Waals surface area contributed by atoms with Crippen molar-refractivity contribution in [3.8, 4) is 16.9 Å². The van der Waals surface area contributed by atoms with Crippen LogP contribution >= 0.6 is 11.3 Å².